The molecule has 6 heteroatoms. The number of rotatable bonds is 3. The monoisotopic (exact) mass is 360 g/mol. The van der Waals surface area contributed by atoms with Crippen LogP contribution in [-0.2, 0) is 17.6 Å². The third-order valence-corrected chi connectivity index (χ3v) is 4.98. The smallest absolute Gasteiger partial charge is 0.255 e. The molecule has 0 spiro atoms. The van der Waals surface area contributed by atoms with Crippen LogP contribution in [0.4, 0.5) is 5.69 Å². The highest BCUT2D eigenvalue weighted by atomic mass is 16.2. The number of aryl methyl sites for hydroxylation is 1. The zero-order valence-corrected chi connectivity index (χ0v) is 15.3. The maximum absolute atomic E-state index is 13.0. The number of aromatic amines is 1. The summed E-state index contributed by atoms with van der Waals surface area (Å²) in [5.74, 6) is 0.399. The molecule has 1 aromatic carbocycles. The van der Waals surface area contributed by atoms with Crippen molar-refractivity contribution in [3.05, 3.63) is 76.0 Å². The lowest BCUT2D eigenvalue weighted by atomic mass is 10.1. The molecule has 2 aromatic heterocycles. The molecule has 3 heterocycles. The zero-order valence-electron chi connectivity index (χ0n) is 15.3. The third kappa shape index (κ3) is 3.14. The average Bonchev–Trinajstić information content (AvgIpc) is 3.01. The summed E-state index contributed by atoms with van der Waals surface area (Å²) in [5.41, 5.74) is 3.59. The number of amides is 1. The number of aromatic nitrogens is 3. The second-order valence-electron chi connectivity index (χ2n) is 6.84. The summed E-state index contributed by atoms with van der Waals surface area (Å²) < 4.78 is 0. The van der Waals surface area contributed by atoms with Crippen LogP contribution in [0.1, 0.15) is 23.7 Å². The Bertz CT molecular complexity index is 1060. The Kier molecular flexibility index (Phi) is 4.32. The van der Waals surface area contributed by atoms with Gasteiger partial charge >= 0.3 is 0 Å². The number of fused-ring (bicyclic) bond motifs is 1. The first kappa shape index (κ1) is 17.1. The van der Waals surface area contributed by atoms with Crippen molar-refractivity contribution in [2.45, 2.75) is 32.7 Å². The number of nitrogens with zero attached hydrogens (tertiary/aromatic N) is 3. The van der Waals surface area contributed by atoms with E-state index in [9.17, 15) is 9.59 Å². The van der Waals surface area contributed by atoms with Crippen LogP contribution in [-0.4, -0.2) is 26.9 Å². The van der Waals surface area contributed by atoms with Crippen LogP contribution in [0.15, 0.2) is 53.6 Å². The Labute approximate surface area is 156 Å². The molecular weight excluding hydrogens is 340 g/mol. The van der Waals surface area contributed by atoms with E-state index in [2.05, 4.69) is 15.0 Å². The van der Waals surface area contributed by atoms with Gasteiger partial charge in [-0.05, 0) is 44.0 Å². The van der Waals surface area contributed by atoms with E-state index in [1.165, 1.54) is 0 Å². The first-order valence-electron chi connectivity index (χ1n) is 8.94. The summed E-state index contributed by atoms with van der Waals surface area (Å²) in [6.45, 7) is 3.80. The number of nitrogens with one attached hydrogen (secondary N) is 1. The molecule has 27 heavy (non-hydrogen) atoms. The van der Waals surface area contributed by atoms with E-state index in [1.54, 1.807) is 36.4 Å². The normalized spacial score (nSPS) is 15.6. The fraction of sp³-hybridized carbons (Fsp3) is 0.238. The first-order valence-corrected chi connectivity index (χ1v) is 8.94. The first-order chi connectivity index (χ1) is 13.0. The summed E-state index contributed by atoms with van der Waals surface area (Å²) >= 11 is 0. The van der Waals surface area contributed by atoms with Crippen LogP contribution in [0.25, 0.3) is 11.4 Å². The Morgan fingerprint density at radius 3 is 2.70 bits per heavy atom. The van der Waals surface area contributed by atoms with E-state index in [0.717, 1.165) is 23.2 Å². The minimum atomic E-state index is -0.275. The molecule has 0 saturated heterocycles. The molecule has 1 aliphatic rings. The van der Waals surface area contributed by atoms with Crippen LogP contribution in [0, 0.1) is 6.92 Å². The Morgan fingerprint density at radius 2 is 1.96 bits per heavy atom. The van der Waals surface area contributed by atoms with Crippen molar-refractivity contribution in [3.63, 3.8) is 0 Å². The van der Waals surface area contributed by atoms with Gasteiger partial charge < -0.3 is 9.88 Å². The van der Waals surface area contributed by atoms with Gasteiger partial charge in [-0.15, -0.1) is 0 Å². The van der Waals surface area contributed by atoms with E-state index >= 15 is 0 Å². The summed E-state index contributed by atoms with van der Waals surface area (Å²) in [6.07, 6.45) is 4.16. The molecule has 136 valence electrons. The number of para-hydroxylation sites is 1. The van der Waals surface area contributed by atoms with Gasteiger partial charge in [0.1, 0.15) is 5.82 Å². The Morgan fingerprint density at radius 1 is 1.22 bits per heavy atom. The van der Waals surface area contributed by atoms with Crippen LogP contribution < -0.4 is 10.5 Å². The maximum Gasteiger partial charge on any atom is 0.255 e. The van der Waals surface area contributed by atoms with Gasteiger partial charge in [0.25, 0.3) is 5.56 Å². The highest BCUT2D eigenvalue weighted by molar-refractivity contribution is 5.97. The second-order valence-corrected chi connectivity index (χ2v) is 6.84. The molecule has 1 aliphatic heterocycles. The van der Waals surface area contributed by atoms with Crippen molar-refractivity contribution >= 4 is 11.6 Å². The topological polar surface area (TPSA) is 79.0 Å². The van der Waals surface area contributed by atoms with Gasteiger partial charge in [-0.1, -0.05) is 18.2 Å². The molecule has 1 N–H and O–H groups in total. The van der Waals surface area contributed by atoms with E-state index < -0.39 is 0 Å². The van der Waals surface area contributed by atoms with E-state index in [1.807, 2.05) is 31.2 Å². The minimum absolute atomic E-state index is 0.0312. The molecule has 0 aliphatic carbocycles. The number of anilines is 1. The number of H-pyrrole nitrogens is 1. The minimum Gasteiger partial charge on any atom is -0.309 e. The summed E-state index contributed by atoms with van der Waals surface area (Å²) in [6, 6.07) is 11.6. The summed E-state index contributed by atoms with van der Waals surface area (Å²) in [7, 11) is 0. The average molecular weight is 360 g/mol. The van der Waals surface area contributed by atoms with E-state index in [0.29, 0.717) is 17.1 Å². The van der Waals surface area contributed by atoms with Gasteiger partial charge in [-0.25, -0.2) is 4.98 Å². The van der Waals surface area contributed by atoms with Crippen molar-refractivity contribution < 1.29 is 4.79 Å². The zero-order chi connectivity index (χ0) is 19.0. The Balaban J connectivity index is 1.64. The molecular formula is C21H20N4O2. The molecule has 0 bridgehead atoms. The third-order valence-electron chi connectivity index (χ3n) is 4.98. The lowest BCUT2D eigenvalue weighted by Gasteiger charge is -2.23. The van der Waals surface area contributed by atoms with E-state index in [4.69, 9.17) is 0 Å². The molecule has 1 amide bonds. The second kappa shape index (κ2) is 6.79. The molecule has 1 atom stereocenters. The van der Waals surface area contributed by atoms with Gasteiger partial charge in [0.15, 0.2) is 0 Å². The highest BCUT2D eigenvalue weighted by Crippen LogP contribution is 2.32. The largest absolute Gasteiger partial charge is 0.309 e. The number of hydrogen-bond donors (Lipinski definition) is 1. The lowest BCUT2D eigenvalue weighted by molar-refractivity contribution is -0.118. The number of benzene rings is 1. The SMILES string of the molecule is Cc1nc(-c2ccncc2)[nH]c(=O)c1CC(=O)N1c2ccccc2C[C@@H]1C. The van der Waals surface area contributed by atoms with Crippen LogP contribution >= 0.6 is 0 Å². The van der Waals surface area contributed by atoms with Crippen molar-refractivity contribution in [1.82, 2.24) is 15.0 Å². The number of hydrogen-bond acceptors (Lipinski definition) is 4. The highest BCUT2D eigenvalue weighted by Gasteiger charge is 2.31. The van der Waals surface area contributed by atoms with Gasteiger partial charge in [0.05, 0.1) is 6.42 Å². The molecule has 0 radical (unpaired) electrons. The molecule has 0 saturated carbocycles. The van der Waals surface area contributed by atoms with Crippen molar-refractivity contribution in [3.8, 4) is 11.4 Å². The van der Waals surface area contributed by atoms with Gasteiger partial charge in [0, 0.05) is 40.9 Å². The Hall–Kier alpha value is -3.28. The fourth-order valence-corrected chi connectivity index (χ4v) is 3.65. The summed E-state index contributed by atoms with van der Waals surface area (Å²) in [4.78, 5) is 38.7. The molecule has 6 nitrogen and oxygen atoms in total. The quantitative estimate of drug-likeness (QED) is 0.779. The van der Waals surface area contributed by atoms with Crippen molar-refractivity contribution in [1.29, 1.82) is 0 Å². The molecule has 0 fully saturated rings. The van der Waals surface area contributed by atoms with Crippen LogP contribution in [0.5, 0.6) is 0 Å². The number of carbonyl (C=O) groups is 1. The molecule has 4 rings (SSSR count). The standard InChI is InChI=1S/C21H20N4O2/c1-13-11-16-5-3-4-6-18(16)25(13)19(26)12-17-14(2)23-20(24-21(17)27)15-7-9-22-10-8-15/h3-10,13H,11-12H2,1-2H3,(H,23,24,27)/t13-/m0/s1. The van der Waals surface area contributed by atoms with Gasteiger partial charge in [-0.3, -0.25) is 14.6 Å². The van der Waals surface area contributed by atoms with Gasteiger partial charge in [-0.2, -0.15) is 0 Å². The molecule has 3 aromatic rings. The van der Waals surface area contributed by atoms with E-state index in [-0.39, 0.29) is 23.9 Å². The summed E-state index contributed by atoms with van der Waals surface area (Å²) in [5, 5.41) is 0. The number of carbonyl (C=O) groups excluding carboxylic acids is 1. The number of pyridine rings is 1. The van der Waals surface area contributed by atoms with Crippen molar-refractivity contribution in [2.24, 2.45) is 0 Å². The predicted molar refractivity (Wildman–Crippen MR) is 104 cm³/mol. The van der Waals surface area contributed by atoms with Crippen LogP contribution in [0.2, 0.25) is 0 Å². The lowest BCUT2D eigenvalue weighted by Crippen LogP contribution is -2.38. The van der Waals surface area contributed by atoms with Crippen LogP contribution in [0.3, 0.4) is 0 Å². The fourth-order valence-electron chi connectivity index (χ4n) is 3.65. The maximum atomic E-state index is 13.0. The predicted octanol–water partition coefficient (Wildman–Crippen LogP) is 2.66. The molecule has 0 unspecified atom stereocenters. The van der Waals surface area contributed by atoms with Crippen molar-refractivity contribution in [2.75, 3.05) is 4.90 Å². The van der Waals surface area contributed by atoms with Gasteiger partial charge in [0.2, 0.25) is 5.91 Å².